The van der Waals surface area contributed by atoms with Crippen molar-refractivity contribution in [2.45, 2.75) is 19.8 Å². The molecule has 3 aromatic carbocycles. The van der Waals surface area contributed by atoms with E-state index in [0.717, 1.165) is 22.3 Å². The number of halogens is 2. The number of carboxylic acids is 1. The highest BCUT2D eigenvalue weighted by atomic mass is 35.5. The van der Waals surface area contributed by atoms with E-state index in [9.17, 15) is 4.79 Å². The van der Waals surface area contributed by atoms with E-state index in [2.05, 4.69) is 34.6 Å². The molecule has 4 aromatic rings. The standard InChI is InChI=1S/C25H16Cl2N2O3.C2H5N.CH4/c26-18-10-17-11-21(19(13-20(17)22(27)12-18)14-4-2-1-3-5-14)24-28-23(29-32-24)15-6-8-16(9-7-15)25(30)31;1-2-3;/h1-12,19H,13H2,(H,30,31);2H,1,3H2;1H4. The van der Waals surface area contributed by atoms with Gasteiger partial charge in [0, 0.05) is 27.1 Å². The molecular formula is C28H25Cl2N3O3. The first kappa shape index (κ1) is 26.7. The smallest absolute Gasteiger partial charge is 0.335 e. The van der Waals surface area contributed by atoms with Crippen LogP contribution in [0.4, 0.5) is 0 Å². The van der Waals surface area contributed by atoms with Gasteiger partial charge in [0.2, 0.25) is 5.82 Å². The van der Waals surface area contributed by atoms with Gasteiger partial charge in [-0.25, -0.2) is 4.79 Å². The topological polar surface area (TPSA) is 102 Å². The van der Waals surface area contributed by atoms with Crippen molar-refractivity contribution in [3.63, 3.8) is 0 Å². The Kier molecular flexibility index (Phi) is 8.69. The molecule has 0 radical (unpaired) electrons. The number of nitrogens with two attached hydrogens (primary N) is 1. The van der Waals surface area contributed by atoms with Gasteiger partial charge in [0.15, 0.2) is 0 Å². The van der Waals surface area contributed by atoms with Crippen LogP contribution in [-0.2, 0) is 6.42 Å². The van der Waals surface area contributed by atoms with Crippen LogP contribution >= 0.6 is 23.2 Å². The van der Waals surface area contributed by atoms with Gasteiger partial charge in [0.05, 0.1) is 5.56 Å². The molecule has 8 heteroatoms. The third-order valence-corrected chi connectivity index (χ3v) is 6.11. The molecule has 0 saturated heterocycles. The highest BCUT2D eigenvalue weighted by Gasteiger charge is 2.29. The van der Waals surface area contributed by atoms with E-state index in [0.29, 0.717) is 33.7 Å². The number of nitrogens with zero attached hydrogens (tertiary/aromatic N) is 2. The Morgan fingerprint density at radius 1 is 1.11 bits per heavy atom. The number of rotatable bonds is 4. The zero-order chi connectivity index (χ0) is 24.9. The van der Waals surface area contributed by atoms with E-state index in [-0.39, 0.29) is 18.9 Å². The molecule has 5 rings (SSSR count). The molecule has 184 valence electrons. The molecule has 0 fully saturated rings. The Labute approximate surface area is 219 Å². The third kappa shape index (κ3) is 5.67. The summed E-state index contributed by atoms with van der Waals surface area (Å²) in [5.74, 6) is -0.220. The Balaban J connectivity index is 0.000000861. The summed E-state index contributed by atoms with van der Waals surface area (Å²) in [6.07, 6.45) is 3.92. The van der Waals surface area contributed by atoms with Gasteiger partial charge in [-0.15, -0.1) is 0 Å². The fourth-order valence-electron chi connectivity index (χ4n) is 3.96. The average Bonchev–Trinajstić information content (AvgIpc) is 3.35. The van der Waals surface area contributed by atoms with Gasteiger partial charge in [-0.05, 0) is 59.7 Å². The summed E-state index contributed by atoms with van der Waals surface area (Å²) < 4.78 is 5.65. The number of aromatic nitrogens is 2. The third-order valence-electron chi connectivity index (χ3n) is 5.55. The summed E-state index contributed by atoms with van der Waals surface area (Å²) in [7, 11) is 0. The number of carboxylic acid groups (broad SMARTS) is 1. The van der Waals surface area contributed by atoms with Crippen molar-refractivity contribution in [3.8, 4) is 11.4 Å². The molecule has 1 atom stereocenters. The van der Waals surface area contributed by atoms with Gasteiger partial charge in [0.1, 0.15) is 0 Å². The number of aromatic carboxylic acids is 1. The highest BCUT2D eigenvalue weighted by molar-refractivity contribution is 6.35. The summed E-state index contributed by atoms with van der Waals surface area (Å²) >= 11 is 12.7. The lowest BCUT2D eigenvalue weighted by Crippen LogP contribution is -2.12. The molecule has 0 bridgehead atoms. The van der Waals surface area contributed by atoms with Crippen molar-refractivity contribution in [3.05, 3.63) is 118 Å². The minimum absolute atomic E-state index is 0. The molecule has 6 nitrogen and oxygen atoms in total. The van der Waals surface area contributed by atoms with Crippen molar-refractivity contribution in [1.29, 1.82) is 0 Å². The normalized spacial score (nSPS) is 13.8. The maximum atomic E-state index is 11.1. The minimum Gasteiger partial charge on any atom is -0.478 e. The van der Waals surface area contributed by atoms with E-state index >= 15 is 0 Å². The van der Waals surface area contributed by atoms with Gasteiger partial charge in [-0.1, -0.05) is 84.8 Å². The summed E-state index contributed by atoms with van der Waals surface area (Å²) in [5.41, 5.74) is 9.42. The summed E-state index contributed by atoms with van der Waals surface area (Å²) in [5, 5.41) is 14.4. The number of allylic oxidation sites excluding steroid dienone is 1. The van der Waals surface area contributed by atoms with Crippen LogP contribution in [0.15, 0.2) is 84.0 Å². The second kappa shape index (κ2) is 11.7. The molecule has 0 saturated carbocycles. The molecule has 3 N–H and O–H groups in total. The van der Waals surface area contributed by atoms with Crippen LogP contribution in [0.5, 0.6) is 0 Å². The fraction of sp³-hybridized carbons (Fsp3) is 0.107. The second-order valence-corrected chi connectivity index (χ2v) is 8.61. The van der Waals surface area contributed by atoms with Crippen LogP contribution < -0.4 is 5.73 Å². The molecule has 1 aliphatic rings. The zero-order valence-electron chi connectivity index (χ0n) is 18.5. The van der Waals surface area contributed by atoms with Crippen molar-refractivity contribution in [2.75, 3.05) is 0 Å². The van der Waals surface area contributed by atoms with Gasteiger partial charge >= 0.3 is 5.97 Å². The predicted molar refractivity (Wildman–Crippen MR) is 145 cm³/mol. The van der Waals surface area contributed by atoms with E-state index in [1.54, 1.807) is 18.2 Å². The van der Waals surface area contributed by atoms with Crippen LogP contribution in [0.2, 0.25) is 10.0 Å². The first-order chi connectivity index (χ1) is 16.9. The van der Waals surface area contributed by atoms with E-state index in [1.165, 1.54) is 18.3 Å². The molecule has 0 aliphatic heterocycles. The largest absolute Gasteiger partial charge is 0.478 e. The summed E-state index contributed by atoms with van der Waals surface area (Å²) in [6, 6.07) is 20.1. The molecule has 36 heavy (non-hydrogen) atoms. The molecular weight excluding hydrogens is 497 g/mol. The lowest BCUT2D eigenvalue weighted by Gasteiger charge is -2.25. The average molecular weight is 522 g/mol. The molecule has 1 heterocycles. The van der Waals surface area contributed by atoms with Gasteiger partial charge < -0.3 is 15.4 Å². The Hall–Kier alpha value is -3.87. The molecule has 0 spiro atoms. The number of fused-ring (bicyclic) bond motifs is 1. The van der Waals surface area contributed by atoms with Crippen LogP contribution in [0, 0.1) is 0 Å². The number of benzene rings is 3. The number of carbonyl (C=O) groups is 1. The van der Waals surface area contributed by atoms with Crippen LogP contribution in [-0.4, -0.2) is 21.2 Å². The van der Waals surface area contributed by atoms with Gasteiger partial charge in [-0.2, -0.15) is 4.98 Å². The zero-order valence-corrected chi connectivity index (χ0v) is 20.0. The quantitative estimate of drug-likeness (QED) is 0.291. The molecule has 1 aromatic heterocycles. The van der Waals surface area contributed by atoms with Crippen LogP contribution in [0.3, 0.4) is 0 Å². The number of hydrogen-bond acceptors (Lipinski definition) is 5. The summed E-state index contributed by atoms with van der Waals surface area (Å²) in [4.78, 5) is 15.7. The van der Waals surface area contributed by atoms with E-state index in [4.69, 9.17) is 32.8 Å². The van der Waals surface area contributed by atoms with Crippen molar-refractivity contribution >= 4 is 40.8 Å². The lowest BCUT2D eigenvalue weighted by atomic mass is 9.79. The monoisotopic (exact) mass is 521 g/mol. The van der Waals surface area contributed by atoms with Crippen LogP contribution in [0.1, 0.15) is 46.3 Å². The van der Waals surface area contributed by atoms with Gasteiger partial charge in [-0.3, -0.25) is 0 Å². The molecule has 1 unspecified atom stereocenters. The van der Waals surface area contributed by atoms with E-state index < -0.39 is 5.97 Å². The first-order valence-corrected chi connectivity index (χ1v) is 11.4. The number of hydrogen-bond donors (Lipinski definition) is 2. The fourth-order valence-corrected chi connectivity index (χ4v) is 4.55. The van der Waals surface area contributed by atoms with Crippen LogP contribution in [0.25, 0.3) is 23.0 Å². The van der Waals surface area contributed by atoms with Crippen molar-refractivity contribution < 1.29 is 14.4 Å². The van der Waals surface area contributed by atoms with Crippen molar-refractivity contribution in [2.24, 2.45) is 5.73 Å². The maximum Gasteiger partial charge on any atom is 0.335 e. The minimum atomic E-state index is -0.987. The maximum absolute atomic E-state index is 11.1. The van der Waals surface area contributed by atoms with E-state index in [1.807, 2.05) is 30.3 Å². The summed E-state index contributed by atoms with van der Waals surface area (Å²) in [6.45, 7) is 3.14. The predicted octanol–water partition coefficient (Wildman–Crippen LogP) is 7.35. The first-order valence-electron chi connectivity index (χ1n) is 10.7. The van der Waals surface area contributed by atoms with Gasteiger partial charge in [0.25, 0.3) is 5.89 Å². The SMILES string of the molecule is C.C=CN.O=C(O)c1ccc(-c2noc(C3=Cc4cc(Cl)cc(Cl)c4CC3c3ccccc3)n2)cc1. The lowest BCUT2D eigenvalue weighted by molar-refractivity contribution is 0.0697. The molecule has 1 aliphatic carbocycles. The molecule has 0 amide bonds. The van der Waals surface area contributed by atoms with Crippen molar-refractivity contribution in [1.82, 2.24) is 10.1 Å². The highest BCUT2D eigenvalue weighted by Crippen LogP contribution is 2.43. The Bertz CT molecular complexity index is 1400. The Morgan fingerprint density at radius 3 is 2.42 bits per heavy atom. The Morgan fingerprint density at radius 2 is 1.78 bits per heavy atom. The second-order valence-electron chi connectivity index (χ2n) is 7.76.